The lowest BCUT2D eigenvalue weighted by atomic mass is 10.1. The molecule has 0 saturated heterocycles. The van der Waals surface area contributed by atoms with Gasteiger partial charge in [-0.15, -0.1) is 0 Å². The SMILES string of the molecule is CCOc1cc(C=C2N=C(c3ccco3)OC2=O)ccc1OS(=O)(=O)c1ccccc1. The van der Waals surface area contributed by atoms with Crippen LogP contribution in [0, 0.1) is 0 Å². The second kappa shape index (κ2) is 8.49. The van der Waals surface area contributed by atoms with Crippen LogP contribution in [0.5, 0.6) is 11.5 Å². The summed E-state index contributed by atoms with van der Waals surface area (Å²) in [6, 6.07) is 15.7. The molecule has 0 radical (unpaired) electrons. The van der Waals surface area contributed by atoms with Crippen molar-refractivity contribution in [2.75, 3.05) is 6.61 Å². The monoisotopic (exact) mass is 439 g/mol. The van der Waals surface area contributed by atoms with Gasteiger partial charge in [0.05, 0.1) is 12.9 Å². The quantitative estimate of drug-likeness (QED) is 0.313. The molecule has 2 heterocycles. The summed E-state index contributed by atoms with van der Waals surface area (Å²) >= 11 is 0. The molecule has 0 fully saturated rings. The third-order valence-corrected chi connectivity index (χ3v) is 5.40. The second-order valence-electron chi connectivity index (χ2n) is 6.30. The maximum absolute atomic E-state index is 12.5. The number of nitrogens with zero attached hydrogens (tertiary/aromatic N) is 1. The standard InChI is InChI=1S/C22H17NO7S/c1-2-27-20-14-15(13-17-22(24)29-21(23-17)19-9-6-12-28-19)10-11-18(20)30-31(25,26)16-7-4-3-5-8-16/h3-14H,2H2,1H3. The number of hydrogen-bond donors (Lipinski definition) is 0. The molecule has 8 nitrogen and oxygen atoms in total. The molecule has 0 atom stereocenters. The number of furan rings is 1. The molecule has 0 unspecified atom stereocenters. The second-order valence-corrected chi connectivity index (χ2v) is 7.85. The summed E-state index contributed by atoms with van der Waals surface area (Å²) in [5, 5.41) is 0. The fourth-order valence-corrected chi connectivity index (χ4v) is 3.74. The minimum absolute atomic E-state index is 0.0251. The van der Waals surface area contributed by atoms with Crippen LogP contribution in [-0.4, -0.2) is 26.9 Å². The van der Waals surface area contributed by atoms with Gasteiger partial charge in [0.25, 0.3) is 5.90 Å². The summed E-state index contributed by atoms with van der Waals surface area (Å²) in [6.45, 7) is 2.04. The molecule has 0 amide bonds. The largest absolute Gasteiger partial charge is 0.490 e. The first-order chi connectivity index (χ1) is 15.0. The molecule has 0 saturated carbocycles. The highest BCUT2D eigenvalue weighted by atomic mass is 32.2. The molecule has 0 spiro atoms. The van der Waals surface area contributed by atoms with Crippen LogP contribution >= 0.6 is 0 Å². The third-order valence-electron chi connectivity index (χ3n) is 4.15. The summed E-state index contributed by atoms with van der Waals surface area (Å²) in [4.78, 5) is 16.3. The molecule has 0 aliphatic carbocycles. The zero-order valence-electron chi connectivity index (χ0n) is 16.3. The topological polar surface area (TPSA) is 104 Å². The van der Waals surface area contributed by atoms with E-state index in [9.17, 15) is 13.2 Å². The van der Waals surface area contributed by atoms with Crippen LogP contribution < -0.4 is 8.92 Å². The normalized spacial score (nSPS) is 14.9. The van der Waals surface area contributed by atoms with Crippen LogP contribution in [-0.2, 0) is 19.6 Å². The Bertz CT molecular complexity index is 1260. The number of carbonyl (C=O) groups excluding carboxylic acids is 1. The van der Waals surface area contributed by atoms with Gasteiger partial charge < -0.3 is 18.1 Å². The number of aliphatic imine (C=N–C) groups is 1. The Hall–Kier alpha value is -3.85. The van der Waals surface area contributed by atoms with Crippen molar-refractivity contribution < 1.29 is 31.3 Å². The zero-order valence-corrected chi connectivity index (χ0v) is 17.2. The highest BCUT2D eigenvalue weighted by Crippen LogP contribution is 2.32. The number of hydrogen-bond acceptors (Lipinski definition) is 8. The van der Waals surface area contributed by atoms with Gasteiger partial charge in [0, 0.05) is 0 Å². The Morgan fingerprint density at radius 2 is 1.84 bits per heavy atom. The van der Waals surface area contributed by atoms with E-state index in [-0.39, 0.29) is 34.6 Å². The summed E-state index contributed by atoms with van der Waals surface area (Å²) < 4.78 is 46.2. The summed E-state index contributed by atoms with van der Waals surface area (Å²) in [6.07, 6.45) is 2.94. The number of cyclic esters (lactones) is 1. The van der Waals surface area contributed by atoms with Gasteiger partial charge in [-0.1, -0.05) is 24.3 Å². The van der Waals surface area contributed by atoms with Crippen molar-refractivity contribution in [3.05, 3.63) is 83.9 Å². The van der Waals surface area contributed by atoms with Crippen LogP contribution in [0.1, 0.15) is 18.2 Å². The average Bonchev–Trinajstić information content (AvgIpc) is 3.41. The molecule has 158 valence electrons. The van der Waals surface area contributed by atoms with Crippen molar-refractivity contribution in [2.24, 2.45) is 4.99 Å². The van der Waals surface area contributed by atoms with Crippen molar-refractivity contribution in [3.8, 4) is 11.5 Å². The molecule has 9 heteroatoms. The molecule has 4 rings (SSSR count). The molecule has 1 aliphatic rings. The van der Waals surface area contributed by atoms with Crippen LogP contribution in [0.3, 0.4) is 0 Å². The first-order valence-corrected chi connectivity index (χ1v) is 10.7. The van der Waals surface area contributed by atoms with E-state index in [2.05, 4.69) is 4.99 Å². The van der Waals surface area contributed by atoms with Crippen molar-refractivity contribution in [1.82, 2.24) is 0 Å². The average molecular weight is 439 g/mol. The third kappa shape index (κ3) is 4.51. The van der Waals surface area contributed by atoms with E-state index >= 15 is 0 Å². The van der Waals surface area contributed by atoms with Crippen molar-refractivity contribution in [1.29, 1.82) is 0 Å². The van der Waals surface area contributed by atoms with Crippen molar-refractivity contribution in [2.45, 2.75) is 11.8 Å². The first-order valence-electron chi connectivity index (χ1n) is 9.29. The molecule has 2 aromatic carbocycles. The minimum Gasteiger partial charge on any atom is -0.490 e. The molecule has 0 N–H and O–H groups in total. The van der Waals surface area contributed by atoms with Crippen molar-refractivity contribution >= 4 is 28.1 Å². The fraction of sp³-hybridized carbons (Fsp3) is 0.0909. The van der Waals surface area contributed by atoms with Crippen LogP contribution in [0.15, 0.2) is 86.9 Å². The van der Waals surface area contributed by atoms with Crippen LogP contribution in [0.25, 0.3) is 6.08 Å². The van der Waals surface area contributed by atoms with E-state index in [1.807, 2.05) is 0 Å². The first kappa shape index (κ1) is 20.4. The van der Waals surface area contributed by atoms with Gasteiger partial charge in [0.1, 0.15) is 4.90 Å². The predicted octanol–water partition coefficient (Wildman–Crippen LogP) is 3.79. The van der Waals surface area contributed by atoms with Gasteiger partial charge in [-0.2, -0.15) is 8.42 Å². The number of benzene rings is 2. The lowest BCUT2D eigenvalue weighted by molar-refractivity contribution is -0.130. The lowest BCUT2D eigenvalue weighted by Gasteiger charge is -2.12. The highest BCUT2D eigenvalue weighted by molar-refractivity contribution is 7.87. The summed E-state index contributed by atoms with van der Waals surface area (Å²) in [5.74, 6) is 0.0118. The Morgan fingerprint density at radius 3 is 2.55 bits per heavy atom. The van der Waals surface area contributed by atoms with Gasteiger partial charge in [0.15, 0.2) is 23.0 Å². The number of carbonyl (C=O) groups is 1. The zero-order chi connectivity index (χ0) is 21.8. The smallest absolute Gasteiger partial charge is 0.363 e. The Balaban J connectivity index is 1.63. The van der Waals surface area contributed by atoms with E-state index in [1.54, 1.807) is 49.4 Å². The molecule has 31 heavy (non-hydrogen) atoms. The predicted molar refractivity (Wildman–Crippen MR) is 111 cm³/mol. The maximum atomic E-state index is 12.5. The molecule has 3 aromatic rings. The fourth-order valence-electron chi connectivity index (χ4n) is 2.78. The van der Waals surface area contributed by atoms with Gasteiger partial charge in [-0.05, 0) is 55.0 Å². The van der Waals surface area contributed by atoms with E-state index in [0.29, 0.717) is 11.3 Å². The molecular formula is C22H17NO7S. The van der Waals surface area contributed by atoms with Gasteiger partial charge in [-0.25, -0.2) is 9.79 Å². The highest BCUT2D eigenvalue weighted by Gasteiger charge is 2.26. The molecule has 1 aromatic heterocycles. The van der Waals surface area contributed by atoms with Crippen LogP contribution in [0.4, 0.5) is 0 Å². The summed E-state index contributed by atoms with van der Waals surface area (Å²) in [7, 11) is -4.03. The van der Waals surface area contributed by atoms with Crippen LogP contribution in [0.2, 0.25) is 0 Å². The molecule has 0 bridgehead atoms. The van der Waals surface area contributed by atoms with E-state index < -0.39 is 16.1 Å². The maximum Gasteiger partial charge on any atom is 0.363 e. The van der Waals surface area contributed by atoms with E-state index in [0.717, 1.165) is 0 Å². The Kier molecular flexibility index (Phi) is 5.59. The van der Waals surface area contributed by atoms with Gasteiger partial charge in [-0.3, -0.25) is 0 Å². The number of rotatable bonds is 7. The Morgan fingerprint density at radius 1 is 1.03 bits per heavy atom. The van der Waals surface area contributed by atoms with E-state index in [1.165, 1.54) is 30.5 Å². The minimum atomic E-state index is -4.03. The molecular weight excluding hydrogens is 422 g/mol. The molecule has 1 aliphatic heterocycles. The van der Waals surface area contributed by atoms with Gasteiger partial charge in [0.2, 0.25) is 0 Å². The van der Waals surface area contributed by atoms with E-state index in [4.69, 9.17) is 18.1 Å². The van der Waals surface area contributed by atoms with Crippen molar-refractivity contribution in [3.63, 3.8) is 0 Å². The number of ether oxygens (including phenoxy) is 2. The Labute approximate surface area is 178 Å². The van der Waals surface area contributed by atoms with Gasteiger partial charge >= 0.3 is 16.1 Å². The number of esters is 1. The summed E-state index contributed by atoms with van der Waals surface area (Å²) in [5.41, 5.74) is 0.615. The lowest BCUT2D eigenvalue weighted by Crippen LogP contribution is -2.10.